The highest BCUT2D eigenvalue weighted by Gasteiger charge is 2.43. The van der Waals surface area contributed by atoms with E-state index in [1.807, 2.05) is 37.3 Å². The van der Waals surface area contributed by atoms with Crippen LogP contribution in [0.4, 0.5) is 0 Å². The van der Waals surface area contributed by atoms with Gasteiger partial charge in [-0.3, -0.25) is 4.98 Å². The molecule has 2 atom stereocenters. The molecular weight excluding hydrogens is 352 g/mol. The zero-order chi connectivity index (χ0) is 16.0. The van der Waals surface area contributed by atoms with Crippen LogP contribution in [0.3, 0.4) is 0 Å². The number of fused-ring (bicyclic) bond motifs is 1. The third kappa shape index (κ3) is 2.60. The van der Waals surface area contributed by atoms with Gasteiger partial charge in [0.25, 0.3) is 0 Å². The van der Waals surface area contributed by atoms with Crippen molar-refractivity contribution in [2.75, 3.05) is 0 Å². The standard InChI is InChI=1S/C18H13BrN4/c1-10-4-5-21-18(22-10)15-8-14(15)16-6-11(9-20)13-3-2-12(19)7-17(13)23-16/h2-7,14-15H,8H2,1H3/t14-,15-/m0/s1. The fourth-order valence-electron chi connectivity index (χ4n) is 2.96. The SMILES string of the molecule is Cc1ccnc([C@H]2C[C@@H]2c2cc(C#N)c3ccc(Br)cc3n2)n1. The normalized spacial score (nSPS) is 19.5. The van der Waals surface area contributed by atoms with Crippen LogP contribution < -0.4 is 0 Å². The lowest BCUT2D eigenvalue weighted by atomic mass is 10.1. The van der Waals surface area contributed by atoms with Crippen LogP contribution in [0.2, 0.25) is 0 Å². The molecule has 3 aromatic rings. The third-order valence-electron chi connectivity index (χ3n) is 4.23. The van der Waals surface area contributed by atoms with E-state index in [9.17, 15) is 5.26 Å². The van der Waals surface area contributed by atoms with E-state index in [0.717, 1.165) is 39.0 Å². The summed E-state index contributed by atoms with van der Waals surface area (Å²) in [4.78, 5) is 13.7. The van der Waals surface area contributed by atoms with Gasteiger partial charge in [-0.2, -0.15) is 5.26 Å². The number of benzene rings is 1. The molecule has 4 nitrogen and oxygen atoms in total. The lowest BCUT2D eigenvalue weighted by molar-refractivity contribution is 0.867. The van der Waals surface area contributed by atoms with E-state index in [2.05, 4.69) is 32.0 Å². The number of nitrogens with zero attached hydrogens (tertiary/aromatic N) is 4. The number of pyridine rings is 1. The van der Waals surface area contributed by atoms with Crippen LogP contribution >= 0.6 is 15.9 Å². The first-order valence-electron chi connectivity index (χ1n) is 7.45. The van der Waals surface area contributed by atoms with Crippen LogP contribution in [-0.2, 0) is 0 Å². The molecule has 0 bridgehead atoms. The Morgan fingerprint density at radius 2 is 2.04 bits per heavy atom. The third-order valence-corrected chi connectivity index (χ3v) is 4.72. The van der Waals surface area contributed by atoms with Gasteiger partial charge < -0.3 is 0 Å². The van der Waals surface area contributed by atoms with Crippen LogP contribution in [0.1, 0.15) is 41.0 Å². The minimum absolute atomic E-state index is 0.298. The molecule has 2 heterocycles. The van der Waals surface area contributed by atoms with Crippen molar-refractivity contribution in [3.05, 3.63) is 63.8 Å². The largest absolute Gasteiger partial charge is 0.252 e. The van der Waals surface area contributed by atoms with Gasteiger partial charge in [0, 0.05) is 39.3 Å². The maximum Gasteiger partial charge on any atom is 0.132 e. The molecular formula is C18H13BrN4. The number of aromatic nitrogens is 3. The van der Waals surface area contributed by atoms with Gasteiger partial charge in [-0.05, 0) is 37.6 Å². The van der Waals surface area contributed by atoms with Gasteiger partial charge in [-0.1, -0.05) is 22.0 Å². The molecule has 0 spiro atoms. The molecule has 1 fully saturated rings. The lowest BCUT2D eigenvalue weighted by Gasteiger charge is -2.06. The van der Waals surface area contributed by atoms with Crippen molar-refractivity contribution >= 4 is 26.8 Å². The monoisotopic (exact) mass is 364 g/mol. The zero-order valence-electron chi connectivity index (χ0n) is 12.5. The first-order chi connectivity index (χ1) is 11.2. The fourth-order valence-corrected chi connectivity index (χ4v) is 3.31. The number of hydrogen-bond acceptors (Lipinski definition) is 4. The Hall–Kier alpha value is -2.32. The van der Waals surface area contributed by atoms with Gasteiger partial charge in [-0.15, -0.1) is 0 Å². The second-order valence-electron chi connectivity index (χ2n) is 5.87. The van der Waals surface area contributed by atoms with E-state index in [-0.39, 0.29) is 0 Å². The minimum atomic E-state index is 0.298. The van der Waals surface area contributed by atoms with Crippen LogP contribution in [-0.4, -0.2) is 15.0 Å². The molecule has 0 saturated heterocycles. The second kappa shape index (κ2) is 5.39. The van der Waals surface area contributed by atoms with E-state index >= 15 is 0 Å². The first-order valence-corrected chi connectivity index (χ1v) is 8.25. The summed E-state index contributed by atoms with van der Waals surface area (Å²) in [5.41, 5.74) is 3.47. The molecule has 0 aliphatic heterocycles. The molecule has 112 valence electrons. The highest BCUT2D eigenvalue weighted by atomic mass is 79.9. The van der Waals surface area contributed by atoms with Crippen LogP contribution in [0.25, 0.3) is 10.9 Å². The maximum atomic E-state index is 9.44. The Kier molecular flexibility index (Phi) is 3.35. The van der Waals surface area contributed by atoms with Gasteiger partial charge in [0.1, 0.15) is 5.82 Å². The summed E-state index contributed by atoms with van der Waals surface area (Å²) >= 11 is 3.47. The van der Waals surface area contributed by atoms with E-state index in [0.29, 0.717) is 17.4 Å². The van der Waals surface area contributed by atoms with Gasteiger partial charge in [-0.25, -0.2) is 9.97 Å². The average Bonchev–Trinajstić information content (AvgIpc) is 3.34. The zero-order valence-corrected chi connectivity index (χ0v) is 14.1. The summed E-state index contributed by atoms with van der Waals surface area (Å²) in [6.45, 7) is 1.97. The first kappa shape index (κ1) is 14.3. The van der Waals surface area contributed by atoms with Gasteiger partial charge in [0.2, 0.25) is 0 Å². The minimum Gasteiger partial charge on any atom is -0.252 e. The Bertz CT molecular complexity index is 961. The second-order valence-corrected chi connectivity index (χ2v) is 6.79. The Labute approximate surface area is 142 Å². The number of halogens is 1. The molecule has 1 aromatic carbocycles. The summed E-state index contributed by atoms with van der Waals surface area (Å²) in [6, 6.07) is 11.9. The maximum absolute atomic E-state index is 9.44. The van der Waals surface area contributed by atoms with Crippen molar-refractivity contribution in [1.82, 2.24) is 15.0 Å². The van der Waals surface area contributed by atoms with Crippen molar-refractivity contribution in [3.8, 4) is 6.07 Å². The van der Waals surface area contributed by atoms with Crippen molar-refractivity contribution < 1.29 is 0 Å². The lowest BCUT2D eigenvalue weighted by Crippen LogP contribution is -1.97. The summed E-state index contributed by atoms with van der Waals surface area (Å²) in [7, 11) is 0. The average molecular weight is 365 g/mol. The van der Waals surface area contributed by atoms with Crippen molar-refractivity contribution in [2.24, 2.45) is 0 Å². The van der Waals surface area contributed by atoms with Crippen molar-refractivity contribution in [1.29, 1.82) is 5.26 Å². The summed E-state index contributed by atoms with van der Waals surface area (Å²) in [6.07, 6.45) is 2.79. The predicted octanol–water partition coefficient (Wildman–Crippen LogP) is 4.24. The quantitative estimate of drug-likeness (QED) is 0.682. The molecule has 0 N–H and O–H groups in total. The Morgan fingerprint density at radius 1 is 1.17 bits per heavy atom. The predicted molar refractivity (Wildman–Crippen MR) is 91.0 cm³/mol. The molecule has 0 unspecified atom stereocenters. The number of hydrogen-bond donors (Lipinski definition) is 0. The molecule has 23 heavy (non-hydrogen) atoms. The Morgan fingerprint density at radius 3 is 2.83 bits per heavy atom. The molecule has 2 aromatic heterocycles. The van der Waals surface area contributed by atoms with Gasteiger partial charge >= 0.3 is 0 Å². The van der Waals surface area contributed by atoms with Crippen LogP contribution in [0.5, 0.6) is 0 Å². The molecule has 4 rings (SSSR count). The molecule has 1 saturated carbocycles. The van der Waals surface area contributed by atoms with Gasteiger partial charge in [0.05, 0.1) is 17.1 Å². The van der Waals surface area contributed by atoms with Crippen LogP contribution in [0, 0.1) is 18.3 Å². The Balaban J connectivity index is 1.75. The topological polar surface area (TPSA) is 62.5 Å². The molecule has 1 aliphatic carbocycles. The number of nitriles is 1. The summed E-state index contributed by atoms with van der Waals surface area (Å²) in [5, 5.41) is 10.3. The summed E-state index contributed by atoms with van der Waals surface area (Å²) in [5.74, 6) is 1.48. The highest BCUT2D eigenvalue weighted by Crippen LogP contribution is 2.53. The van der Waals surface area contributed by atoms with E-state index in [1.165, 1.54) is 0 Å². The molecule has 5 heteroatoms. The van der Waals surface area contributed by atoms with Crippen molar-refractivity contribution in [2.45, 2.75) is 25.2 Å². The molecule has 0 amide bonds. The van der Waals surface area contributed by atoms with E-state index < -0.39 is 0 Å². The number of rotatable bonds is 2. The summed E-state index contributed by atoms with van der Waals surface area (Å²) < 4.78 is 0.966. The number of aryl methyl sites for hydroxylation is 1. The van der Waals surface area contributed by atoms with Crippen LogP contribution in [0.15, 0.2) is 41.0 Å². The fraction of sp³-hybridized carbons (Fsp3) is 0.222. The molecule has 1 aliphatic rings. The van der Waals surface area contributed by atoms with Crippen molar-refractivity contribution in [3.63, 3.8) is 0 Å². The molecule has 0 radical (unpaired) electrons. The van der Waals surface area contributed by atoms with E-state index in [4.69, 9.17) is 4.98 Å². The smallest absolute Gasteiger partial charge is 0.132 e. The highest BCUT2D eigenvalue weighted by molar-refractivity contribution is 9.10. The van der Waals surface area contributed by atoms with E-state index in [1.54, 1.807) is 6.20 Å². The van der Waals surface area contributed by atoms with Gasteiger partial charge in [0.15, 0.2) is 0 Å².